The van der Waals surface area contributed by atoms with Crippen LogP contribution in [0.25, 0.3) is 5.32 Å². The van der Waals surface area contributed by atoms with Gasteiger partial charge in [-0.25, -0.2) is 0 Å². The molecule has 1 aliphatic carbocycles. The smallest absolute Gasteiger partial charge is 0.0230 e. The standard InChI is InChI=1S/C16H28N/c1-13(2)7-6-8-14(3)15-9-11-16(4,17-5)12-10-15/h6-8,14-15H,9-12H2,1-5H3/q-1/b8-6+. The fourth-order valence-corrected chi connectivity index (χ4v) is 2.59. The van der Waals surface area contributed by atoms with Crippen molar-refractivity contribution in [3.05, 3.63) is 29.1 Å². The molecule has 1 nitrogen and oxygen atoms in total. The van der Waals surface area contributed by atoms with Crippen molar-refractivity contribution < 1.29 is 0 Å². The van der Waals surface area contributed by atoms with E-state index in [0.717, 1.165) is 5.92 Å². The van der Waals surface area contributed by atoms with Crippen molar-refractivity contribution in [2.24, 2.45) is 11.8 Å². The van der Waals surface area contributed by atoms with Crippen molar-refractivity contribution in [3.8, 4) is 0 Å². The van der Waals surface area contributed by atoms with Gasteiger partial charge < -0.3 is 5.32 Å². The lowest BCUT2D eigenvalue weighted by Crippen LogP contribution is -2.31. The molecule has 17 heavy (non-hydrogen) atoms. The highest BCUT2D eigenvalue weighted by Crippen LogP contribution is 2.39. The zero-order chi connectivity index (χ0) is 12.9. The first-order valence-electron chi connectivity index (χ1n) is 6.89. The summed E-state index contributed by atoms with van der Waals surface area (Å²) in [5, 5.41) is 4.53. The Kier molecular flexibility index (Phi) is 5.45. The van der Waals surface area contributed by atoms with Crippen molar-refractivity contribution in [2.75, 3.05) is 7.05 Å². The van der Waals surface area contributed by atoms with Crippen LogP contribution in [0.3, 0.4) is 0 Å². The van der Waals surface area contributed by atoms with E-state index in [1.807, 2.05) is 7.05 Å². The van der Waals surface area contributed by atoms with Crippen molar-refractivity contribution in [2.45, 2.75) is 58.9 Å². The first-order chi connectivity index (χ1) is 7.97. The minimum atomic E-state index is 0.264. The van der Waals surface area contributed by atoms with Crippen LogP contribution >= 0.6 is 0 Å². The number of nitrogens with zero attached hydrogens (tertiary/aromatic N) is 1. The lowest BCUT2D eigenvalue weighted by atomic mass is 9.73. The van der Waals surface area contributed by atoms with E-state index in [0.29, 0.717) is 5.92 Å². The van der Waals surface area contributed by atoms with Gasteiger partial charge in [-0.3, -0.25) is 0 Å². The summed E-state index contributed by atoms with van der Waals surface area (Å²) < 4.78 is 0. The Bertz CT molecular complexity index is 276. The molecule has 1 heteroatoms. The van der Waals surface area contributed by atoms with Gasteiger partial charge in [-0.1, -0.05) is 63.3 Å². The minimum Gasteiger partial charge on any atom is -0.660 e. The van der Waals surface area contributed by atoms with Gasteiger partial charge in [-0.2, -0.15) is 7.05 Å². The Balaban J connectivity index is 2.43. The molecule has 98 valence electrons. The fourth-order valence-electron chi connectivity index (χ4n) is 2.59. The van der Waals surface area contributed by atoms with E-state index in [2.05, 4.69) is 51.2 Å². The summed E-state index contributed by atoms with van der Waals surface area (Å²) in [4.78, 5) is 0. The Morgan fingerprint density at radius 3 is 2.35 bits per heavy atom. The first-order valence-corrected chi connectivity index (χ1v) is 6.89. The molecule has 1 unspecified atom stereocenters. The summed E-state index contributed by atoms with van der Waals surface area (Å²) >= 11 is 0. The largest absolute Gasteiger partial charge is 0.660 e. The topological polar surface area (TPSA) is 14.1 Å². The quantitative estimate of drug-likeness (QED) is 0.601. The van der Waals surface area contributed by atoms with Gasteiger partial charge in [0, 0.05) is 0 Å². The molecule has 1 aliphatic rings. The molecule has 0 radical (unpaired) electrons. The van der Waals surface area contributed by atoms with Gasteiger partial charge in [0.25, 0.3) is 0 Å². The van der Waals surface area contributed by atoms with Crippen LogP contribution in [0.4, 0.5) is 0 Å². The number of hydrogen-bond donors (Lipinski definition) is 0. The molecule has 0 aromatic carbocycles. The molecular formula is C16H28N-. The summed E-state index contributed by atoms with van der Waals surface area (Å²) in [6.07, 6.45) is 12.0. The average molecular weight is 234 g/mol. The summed E-state index contributed by atoms with van der Waals surface area (Å²) in [5.74, 6) is 1.55. The van der Waals surface area contributed by atoms with Crippen LogP contribution in [0.1, 0.15) is 53.4 Å². The van der Waals surface area contributed by atoms with Crippen LogP contribution < -0.4 is 0 Å². The third-order valence-corrected chi connectivity index (χ3v) is 4.24. The van der Waals surface area contributed by atoms with E-state index in [-0.39, 0.29) is 5.54 Å². The maximum Gasteiger partial charge on any atom is -0.0230 e. The van der Waals surface area contributed by atoms with E-state index in [4.69, 9.17) is 0 Å². The fraction of sp³-hybridized carbons (Fsp3) is 0.750. The molecule has 0 amide bonds. The predicted octanol–water partition coefficient (Wildman–Crippen LogP) is 5.10. The lowest BCUT2D eigenvalue weighted by Gasteiger charge is -2.48. The van der Waals surface area contributed by atoms with Crippen LogP contribution in [-0.4, -0.2) is 12.6 Å². The molecule has 0 saturated heterocycles. The van der Waals surface area contributed by atoms with E-state index >= 15 is 0 Å². The van der Waals surface area contributed by atoms with Gasteiger partial charge in [-0.15, -0.1) is 5.54 Å². The van der Waals surface area contributed by atoms with E-state index in [1.165, 1.54) is 31.3 Å². The summed E-state index contributed by atoms with van der Waals surface area (Å²) in [5.41, 5.74) is 1.63. The number of allylic oxidation sites excluding steroid dienone is 4. The molecule has 1 rings (SSSR count). The molecule has 0 bridgehead atoms. The second-order valence-electron chi connectivity index (χ2n) is 6.05. The maximum atomic E-state index is 4.53. The Morgan fingerprint density at radius 1 is 1.29 bits per heavy atom. The molecule has 0 aromatic rings. The number of hydrogen-bond acceptors (Lipinski definition) is 0. The van der Waals surface area contributed by atoms with Crippen molar-refractivity contribution in [3.63, 3.8) is 0 Å². The molecule has 0 N–H and O–H groups in total. The predicted molar refractivity (Wildman–Crippen MR) is 77.4 cm³/mol. The maximum absolute atomic E-state index is 4.53. The first kappa shape index (κ1) is 14.5. The van der Waals surface area contributed by atoms with Crippen molar-refractivity contribution in [1.82, 2.24) is 0 Å². The molecule has 1 fully saturated rings. The molecule has 0 aliphatic heterocycles. The van der Waals surface area contributed by atoms with Gasteiger partial charge in [0.05, 0.1) is 0 Å². The highest BCUT2D eigenvalue weighted by atomic mass is 14.9. The van der Waals surface area contributed by atoms with Crippen molar-refractivity contribution >= 4 is 0 Å². The van der Waals surface area contributed by atoms with Gasteiger partial charge in [-0.05, 0) is 25.7 Å². The van der Waals surface area contributed by atoms with E-state index < -0.39 is 0 Å². The third-order valence-electron chi connectivity index (χ3n) is 4.24. The Labute approximate surface area is 107 Å². The molecule has 0 aromatic heterocycles. The van der Waals surface area contributed by atoms with Crippen LogP contribution in [0, 0.1) is 11.8 Å². The second kappa shape index (κ2) is 6.39. The lowest BCUT2D eigenvalue weighted by molar-refractivity contribution is 0.239. The Hall–Kier alpha value is -0.560. The van der Waals surface area contributed by atoms with E-state index in [9.17, 15) is 0 Å². The zero-order valence-corrected chi connectivity index (χ0v) is 12.2. The van der Waals surface area contributed by atoms with E-state index in [1.54, 1.807) is 0 Å². The SMILES string of the molecule is C[N-]C1(C)CCC(C(C)/C=C/C=C(C)C)CC1. The zero-order valence-electron chi connectivity index (χ0n) is 12.2. The van der Waals surface area contributed by atoms with Gasteiger partial charge >= 0.3 is 0 Å². The molecule has 1 saturated carbocycles. The van der Waals surface area contributed by atoms with Crippen LogP contribution in [0.15, 0.2) is 23.8 Å². The van der Waals surface area contributed by atoms with Crippen LogP contribution in [0.5, 0.6) is 0 Å². The van der Waals surface area contributed by atoms with Crippen molar-refractivity contribution in [1.29, 1.82) is 0 Å². The monoisotopic (exact) mass is 234 g/mol. The average Bonchev–Trinajstić information content (AvgIpc) is 2.29. The summed E-state index contributed by atoms with van der Waals surface area (Å²) in [6.45, 7) is 8.94. The highest BCUT2D eigenvalue weighted by Gasteiger charge is 2.25. The van der Waals surface area contributed by atoms with Crippen LogP contribution in [0.2, 0.25) is 0 Å². The third kappa shape index (κ3) is 4.67. The number of rotatable bonds is 4. The Morgan fingerprint density at radius 2 is 1.88 bits per heavy atom. The summed E-state index contributed by atoms with van der Waals surface area (Å²) in [7, 11) is 1.97. The van der Waals surface area contributed by atoms with Gasteiger partial charge in [0.2, 0.25) is 0 Å². The minimum absolute atomic E-state index is 0.264. The molecular weight excluding hydrogens is 206 g/mol. The summed E-state index contributed by atoms with van der Waals surface area (Å²) in [6, 6.07) is 0. The van der Waals surface area contributed by atoms with Gasteiger partial charge in [0.1, 0.15) is 0 Å². The second-order valence-corrected chi connectivity index (χ2v) is 6.05. The molecule has 0 spiro atoms. The normalized spacial score (nSPS) is 31.5. The molecule has 1 atom stereocenters. The van der Waals surface area contributed by atoms with Gasteiger partial charge in [0.15, 0.2) is 0 Å². The van der Waals surface area contributed by atoms with Crippen LogP contribution in [-0.2, 0) is 0 Å². The molecule has 0 heterocycles. The highest BCUT2D eigenvalue weighted by molar-refractivity contribution is 5.10.